The van der Waals surface area contributed by atoms with Crippen LogP contribution in [0.5, 0.6) is 0 Å². The zero-order chi connectivity index (χ0) is 11.9. The third-order valence-corrected chi connectivity index (χ3v) is 2.70. The van der Waals surface area contributed by atoms with Crippen LogP contribution in [0.2, 0.25) is 0 Å². The molecule has 0 spiro atoms. The van der Waals surface area contributed by atoms with E-state index in [0.29, 0.717) is 0 Å². The molecule has 1 unspecified atom stereocenters. The molecule has 2 amide bonds. The van der Waals surface area contributed by atoms with Crippen LogP contribution >= 0.6 is 11.8 Å². The Kier molecular flexibility index (Phi) is 6.81. The molecule has 1 atom stereocenters. The van der Waals surface area contributed by atoms with E-state index in [9.17, 15) is 4.79 Å². The minimum Gasteiger partial charge on any atom is -0.336 e. The second kappa shape index (κ2) is 6.99. The molecule has 0 aromatic carbocycles. The third-order valence-electron chi connectivity index (χ3n) is 1.77. The summed E-state index contributed by atoms with van der Waals surface area (Å²) in [6.07, 6.45) is 1.02. The Morgan fingerprint density at radius 3 is 2.47 bits per heavy atom. The lowest BCUT2D eigenvalue weighted by Gasteiger charge is -2.22. The molecule has 2 N–H and O–H groups in total. The van der Waals surface area contributed by atoms with Gasteiger partial charge in [-0.1, -0.05) is 6.92 Å². The lowest BCUT2D eigenvalue weighted by atomic mass is 10.1. The van der Waals surface area contributed by atoms with Gasteiger partial charge in [0.25, 0.3) is 0 Å². The summed E-state index contributed by atoms with van der Waals surface area (Å²) in [6.45, 7) is 10.1. The van der Waals surface area contributed by atoms with Gasteiger partial charge in [0.15, 0.2) is 0 Å². The van der Waals surface area contributed by atoms with Gasteiger partial charge in [0, 0.05) is 11.6 Å². The smallest absolute Gasteiger partial charge is 0.315 e. The molecular weight excluding hydrogens is 208 g/mol. The highest BCUT2D eigenvalue weighted by atomic mass is 32.2. The summed E-state index contributed by atoms with van der Waals surface area (Å²) in [6, 6.07) is 0.169. The van der Waals surface area contributed by atoms with E-state index in [0.717, 1.165) is 17.9 Å². The Labute approximate surface area is 97.8 Å². The van der Waals surface area contributed by atoms with Crippen LogP contribution in [-0.4, -0.2) is 29.1 Å². The number of hydrogen-bond acceptors (Lipinski definition) is 2. The molecule has 90 valence electrons. The lowest BCUT2D eigenvalue weighted by molar-refractivity contribution is 0.228. The van der Waals surface area contributed by atoms with Crippen LogP contribution in [0.4, 0.5) is 4.79 Å². The van der Waals surface area contributed by atoms with Gasteiger partial charge in [0.1, 0.15) is 0 Å². The molecule has 4 heteroatoms. The van der Waals surface area contributed by atoms with Crippen molar-refractivity contribution in [2.75, 3.05) is 11.5 Å². The van der Waals surface area contributed by atoms with E-state index >= 15 is 0 Å². The molecule has 0 aliphatic heterocycles. The van der Waals surface area contributed by atoms with Gasteiger partial charge in [-0.3, -0.25) is 0 Å². The number of amides is 2. The number of hydrogen-bond donors (Lipinski definition) is 2. The summed E-state index contributed by atoms with van der Waals surface area (Å²) in [5.41, 5.74) is -0.165. The fourth-order valence-corrected chi connectivity index (χ4v) is 1.89. The van der Waals surface area contributed by atoms with E-state index in [1.54, 1.807) is 0 Å². The van der Waals surface area contributed by atoms with Gasteiger partial charge in [-0.15, -0.1) is 0 Å². The van der Waals surface area contributed by atoms with Crippen LogP contribution in [0.1, 0.15) is 41.0 Å². The average molecular weight is 232 g/mol. The summed E-state index contributed by atoms with van der Waals surface area (Å²) in [5.74, 6) is 2.24. The van der Waals surface area contributed by atoms with Crippen molar-refractivity contribution in [3.05, 3.63) is 0 Å². The summed E-state index contributed by atoms with van der Waals surface area (Å²) >= 11 is 1.90. The van der Waals surface area contributed by atoms with Gasteiger partial charge in [-0.25, -0.2) is 4.79 Å². The molecule has 0 radical (unpaired) electrons. The van der Waals surface area contributed by atoms with Crippen LogP contribution in [0, 0.1) is 0 Å². The Hall–Kier alpha value is -0.380. The first-order valence-electron chi connectivity index (χ1n) is 5.51. The monoisotopic (exact) mass is 232 g/mol. The molecule has 0 heterocycles. The first kappa shape index (κ1) is 14.6. The number of carbonyl (C=O) groups excluding carboxylic acids is 1. The SMILES string of the molecule is CCSCCC(C)NC(=O)NC(C)(C)C. The van der Waals surface area contributed by atoms with Crippen LogP contribution in [0.15, 0.2) is 0 Å². The van der Waals surface area contributed by atoms with Gasteiger partial charge < -0.3 is 10.6 Å². The van der Waals surface area contributed by atoms with E-state index in [1.165, 1.54) is 0 Å². The standard InChI is InChI=1S/C11H24N2OS/c1-6-15-8-7-9(2)12-10(14)13-11(3,4)5/h9H,6-8H2,1-5H3,(H2,12,13,14). The highest BCUT2D eigenvalue weighted by molar-refractivity contribution is 7.99. The summed E-state index contributed by atoms with van der Waals surface area (Å²) in [5, 5.41) is 5.82. The molecule has 0 aliphatic carbocycles. The molecule has 0 aliphatic rings. The molecule has 15 heavy (non-hydrogen) atoms. The quantitative estimate of drug-likeness (QED) is 0.715. The summed E-state index contributed by atoms with van der Waals surface area (Å²) < 4.78 is 0. The lowest BCUT2D eigenvalue weighted by Crippen LogP contribution is -2.49. The summed E-state index contributed by atoms with van der Waals surface area (Å²) in [4.78, 5) is 11.5. The molecule has 0 saturated heterocycles. The van der Waals surface area contributed by atoms with Crippen molar-refractivity contribution in [3.63, 3.8) is 0 Å². The maximum absolute atomic E-state index is 11.5. The fraction of sp³-hybridized carbons (Fsp3) is 0.909. The number of thioether (sulfide) groups is 1. The topological polar surface area (TPSA) is 41.1 Å². The first-order chi connectivity index (χ1) is 6.85. The predicted molar refractivity (Wildman–Crippen MR) is 68.5 cm³/mol. The Morgan fingerprint density at radius 1 is 1.40 bits per heavy atom. The number of nitrogens with one attached hydrogen (secondary N) is 2. The Bertz CT molecular complexity index is 190. The zero-order valence-electron chi connectivity index (χ0n) is 10.5. The van der Waals surface area contributed by atoms with Crippen molar-refractivity contribution < 1.29 is 4.79 Å². The molecule has 0 saturated carbocycles. The van der Waals surface area contributed by atoms with Crippen molar-refractivity contribution in [1.82, 2.24) is 10.6 Å². The maximum atomic E-state index is 11.5. The normalized spacial score (nSPS) is 13.4. The minimum absolute atomic E-state index is 0.0727. The van der Waals surface area contributed by atoms with E-state index in [4.69, 9.17) is 0 Å². The van der Waals surface area contributed by atoms with E-state index in [1.807, 2.05) is 39.5 Å². The fourth-order valence-electron chi connectivity index (χ4n) is 1.08. The zero-order valence-corrected chi connectivity index (χ0v) is 11.3. The molecule has 0 aromatic rings. The summed E-state index contributed by atoms with van der Waals surface area (Å²) in [7, 11) is 0. The van der Waals surface area contributed by atoms with Crippen LogP contribution in [-0.2, 0) is 0 Å². The van der Waals surface area contributed by atoms with Crippen molar-refractivity contribution in [2.45, 2.75) is 52.6 Å². The van der Waals surface area contributed by atoms with Crippen molar-refractivity contribution >= 4 is 17.8 Å². The number of carbonyl (C=O) groups is 1. The van der Waals surface area contributed by atoms with Crippen LogP contribution in [0.25, 0.3) is 0 Å². The van der Waals surface area contributed by atoms with Gasteiger partial charge in [-0.2, -0.15) is 11.8 Å². The molecular formula is C11H24N2OS. The third kappa shape index (κ3) is 9.91. The number of rotatable bonds is 5. The van der Waals surface area contributed by atoms with Gasteiger partial charge in [-0.05, 0) is 45.6 Å². The highest BCUT2D eigenvalue weighted by Gasteiger charge is 2.14. The second-order valence-electron chi connectivity index (χ2n) is 4.74. The highest BCUT2D eigenvalue weighted by Crippen LogP contribution is 2.04. The predicted octanol–water partition coefficient (Wildman–Crippen LogP) is 2.62. The molecule has 0 aromatic heterocycles. The van der Waals surface area contributed by atoms with E-state index in [-0.39, 0.29) is 17.6 Å². The molecule has 3 nitrogen and oxygen atoms in total. The van der Waals surface area contributed by atoms with Gasteiger partial charge >= 0.3 is 6.03 Å². The average Bonchev–Trinajstić information content (AvgIpc) is 2.00. The Morgan fingerprint density at radius 2 is 2.00 bits per heavy atom. The molecule has 0 rings (SSSR count). The van der Waals surface area contributed by atoms with Crippen LogP contribution in [0.3, 0.4) is 0 Å². The largest absolute Gasteiger partial charge is 0.336 e. The first-order valence-corrected chi connectivity index (χ1v) is 6.67. The maximum Gasteiger partial charge on any atom is 0.315 e. The van der Waals surface area contributed by atoms with E-state index < -0.39 is 0 Å². The van der Waals surface area contributed by atoms with Crippen molar-refractivity contribution in [3.8, 4) is 0 Å². The van der Waals surface area contributed by atoms with Crippen molar-refractivity contribution in [2.24, 2.45) is 0 Å². The second-order valence-corrected chi connectivity index (χ2v) is 6.13. The molecule has 0 fully saturated rings. The molecule has 0 bridgehead atoms. The van der Waals surface area contributed by atoms with Gasteiger partial charge in [0.05, 0.1) is 0 Å². The minimum atomic E-state index is -0.165. The number of urea groups is 1. The van der Waals surface area contributed by atoms with Crippen molar-refractivity contribution in [1.29, 1.82) is 0 Å². The Balaban J connectivity index is 3.67. The van der Waals surface area contributed by atoms with Gasteiger partial charge in [0.2, 0.25) is 0 Å². The van der Waals surface area contributed by atoms with Crippen LogP contribution < -0.4 is 10.6 Å². The van der Waals surface area contributed by atoms with E-state index in [2.05, 4.69) is 17.6 Å².